The molecule has 0 spiro atoms. The van der Waals surface area contributed by atoms with Crippen molar-refractivity contribution in [3.63, 3.8) is 0 Å². The largest absolute Gasteiger partial charge is 0.488 e. The van der Waals surface area contributed by atoms with Gasteiger partial charge in [-0.25, -0.2) is 0 Å². The minimum Gasteiger partial charge on any atom is -0.423 e. The Hall–Kier alpha value is -0.505. The number of hydrogen-bond donors (Lipinski definition) is 2. The second-order valence-corrected chi connectivity index (χ2v) is 2.79. The first-order valence-electron chi connectivity index (χ1n) is 3.23. The van der Waals surface area contributed by atoms with Crippen molar-refractivity contribution in [2.45, 2.75) is 6.92 Å². The molecule has 0 unspecified atom stereocenters. The van der Waals surface area contributed by atoms with Gasteiger partial charge in [0.05, 0.1) is 0 Å². The molecule has 1 rings (SSSR count). The predicted molar refractivity (Wildman–Crippen MR) is 50.2 cm³/mol. The summed E-state index contributed by atoms with van der Waals surface area (Å²) in [5.74, 6) is 0. The lowest BCUT2D eigenvalue weighted by atomic mass is 9.80. The van der Waals surface area contributed by atoms with Crippen molar-refractivity contribution in [3.8, 4) is 0 Å². The molecule has 0 aliphatic carbocycles. The van der Waals surface area contributed by atoms with Crippen molar-refractivity contribution in [1.82, 2.24) is 0 Å². The highest BCUT2D eigenvalue weighted by Crippen LogP contribution is 2.11. The average molecular weight is 174 g/mol. The molecule has 0 saturated heterocycles. The van der Waals surface area contributed by atoms with Crippen LogP contribution >= 0.6 is 11.6 Å². The highest BCUT2D eigenvalue weighted by atomic mass is 35.5. The van der Waals surface area contributed by atoms with Gasteiger partial charge in [-0.15, -0.1) is 0 Å². The van der Waals surface area contributed by atoms with Gasteiger partial charge in [0.15, 0.2) is 0 Å². The summed E-state index contributed by atoms with van der Waals surface area (Å²) in [6.07, 6.45) is 0. The van der Waals surface area contributed by atoms with Gasteiger partial charge >= 0.3 is 7.12 Å². The topological polar surface area (TPSA) is 40.5 Å². The normalized spacial score (nSPS) is 9.82. The van der Waals surface area contributed by atoms with Gasteiger partial charge < -0.3 is 10.0 Å². The van der Waals surface area contributed by atoms with Gasteiger partial charge in [0.1, 0.15) is 0 Å². The maximum Gasteiger partial charge on any atom is 0.488 e. The Kier molecular flexibility index (Phi) is 2.55. The van der Waals surface area contributed by atoms with Gasteiger partial charge in [0, 0.05) is 7.88 Å². The zero-order valence-corrected chi connectivity index (χ0v) is 6.84. The van der Waals surface area contributed by atoms with Crippen LogP contribution in [0.5, 0.6) is 0 Å². The fourth-order valence-electron chi connectivity index (χ4n) is 0.770. The molecule has 4 heteroatoms. The molecule has 0 amide bonds. The first kappa shape index (κ1) is 8.59. The molecule has 0 aromatic heterocycles. The Balaban J connectivity index is 0. The second kappa shape index (κ2) is 3.26. The minimum atomic E-state index is -1.44. The van der Waals surface area contributed by atoms with Crippen LogP contribution in [0.25, 0.3) is 0 Å². The van der Waals surface area contributed by atoms with Crippen LogP contribution in [-0.4, -0.2) is 17.2 Å². The fourth-order valence-corrected chi connectivity index (χ4v) is 0.959. The third kappa shape index (κ3) is 1.96. The summed E-state index contributed by atoms with van der Waals surface area (Å²) >= 11 is 5.74. The molecular weight excluding hydrogens is 162 g/mol. The van der Waals surface area contributed by atoms with E-state index in [1.807, 2.05) is 6.92 Å². The molecule has 2 N–H and O–H groups in total. The summed E-state index contributed by atoms with van der Waals surface area (Å²) in [6.45, 7) is 1.86. The van der Waals surface area contributed by atoms with Crippen LogP contribution in [0, 0.1) is 6.92 Å². The van der Waals surface area contributed by atoms with Crippen molar-refractivity contribution in [1.29, 1.82) is 0 Å². The first-order chi connectivity index (χ1) is 5.11. The number of rotatable bonds is 1. The molecule has 1 aromatic rings. The van der Waals surface area contributed by atoms with E-state index in [0.717, 1.165) is 5.56 Å². The molecule has 0 bridgehead atoms. The highest BCUT2D eigenvalue weighted by Gasteiger charge is 2.10. The van der Waals surface area contributed by atoms with Crippen LogP contribution in [0.4, 0.5) is 0 Å². The zero-order chi connectivity index (χ0) is 8.43. The molecule has 0 aliphatic rings. The minimum absolute atomic E-state index is 0. The number of aryl methyl sites for hydroxylation is 1. The van der Waals surface area contributed by atoms with Crippen LogP contribution in [0.15, 0.2) is 18.2 Å². The first-order valence-corrected chi connectivity index (χ1v) is 3.61. The maximum atomic E-state index is 8.74. The average Bonchev–Trinajstić information content (AvgIpc) is 1.94. The molecule has 11 heavy (non-hydrogen) atoms. The Morgan fingerprint density at radius 1 is 1.45 bits per heavy atom. The Bertz CT molecular complexity index is 271. The third-order valence-corrected chi connectivity index (χ3v) is 1.90. The molecule has 62 valence electrons. The van der Waals surface area contributed by atoms with Crippen molar-refractivity contribution in [2.75, 3.05) is 0 Å². The third-order valence-electron chi connectivity index (χ3n) is 1.49. The van der Waals surface area contributed by atoms with Crippen molar-refractivity contribution < 1.29 is 12.9 Å². The molecule has 0 radical (unpaired) electrons. The summed E-state index contributed by atoms with van der Waals surface area (Å²) in [6, 6.07) is 4.92. The lowest BCUT2D eigenvalue weighted by molar-refractivity contribution is 0.426. The maximum absolute atomic E-state index is 8.74. The van der Waals surface area contributed by atoms with Gasteiger partial charge in [-0.3, -0.25) is 0 Å². The van der Waals surface area contributed by atoms with E-state index < -0.39 is 7.12 Å². The van der Waals surface area contributed by atoms with Gasteiger partial charge in [0.2, 0.25) is 0 Å². The van der Waals surface area contributed by atoms with Crippen molar-refractivity contribution >= 4 is 24.2 Å². The van der Waals surface area contributed by atoms with E-state index in [9.17, 15) is 0 Å². The van der Waals surface area contributed by atoms with E-state index in [1.165, 1.54) is 0 Å². The Labute approximate surface area is 73.6 Å². The van der Waals surface area contributed by atoms with Gasteiger partial charge in [-0.05, 0) is 24.0 Å². The fraction of sp³-hybridized carbons (Fsp3) is 0.143. The van der Waals surface area contributed by atoms with Crippen LogP contribution in [0.3, 0.4) is 0 Å². The molecule has 1 aromatic carbocycles. The van der Waals surface area contributed by atoms with Gasteiger partial charge in [0.25, 0.3) is 0 Å². The highest BCUT2D eigenvalue weighted by molar-refractivity contribution is 6.59. The van der Waals surface area contributed by atoms with E-state index in [1.54, 1.807) is 18.2 Å². The summed E-state index contributed by atoms with van der Waals surface area (Å²) in [5, 5.41) is 18.0. The van der Waals surface area contributed by atoms with E-state index in [2.05, 4.69) is 0 Å². The number of halogens is 1. The molecule has 2 nitrogen and oxygen atoms in total. The molecule has 0 atom stereocenters. The van der Waals surface area contributed by atoms with Crippen LogP contribution in [-0.2, 0) is 0 Å². The monoisotopic (exact) mass is 174 g/mol. The Morgan fingerprint density at radius 2 is 2.09 bits per heavy atom. The summed E-state index contributed by atoms with van der Waals surface area (Å²) in [4.78, 5) is 0. The molecular formula is C7H12BClO2. The van der Waals surface area contributed by atoms with E-state index in [-0.39, 0.29) is 2.85 Å². The zero-order valence-electron chi connectivity index (χ0n) is 6.08. The van der Waals surface area contributed by atoms with E-state index >= 15 is 0 Å². The lowest BCUT2D eigenvalue weighted by Crippen LogP contribution is -2.29. The van der Waals surface area contributed by atoms with E-state index in [4.69, 9.17) is 21.6 Å². The summed E-state index contributed by atoms with van der Waals surface area (Å²) < 4.78 is 0. The lowest BCUT2D eigenvalue weighted by Gasteiger charge is -2.01. The smallest absolute Gasteiger partial charge is 0.423 e. The van der Waals surface area contributed by atoms with E-state index in [0.29, 0.717) is 10.5 Å². The van der Waals surface area contributed by atoms with Crippen LogP contribution < -0.4 is 5.46 Å². The van der Waals surface area contributed by atoms with Gasteiger partial charge in [-0.2, -0.15) is 0 Å². The van der Waals surface area contributed by atoms with Crippen LogP contribution in [0.2, 0.25) is 5.02 Å². The van der Waals surface area contributed by atoms with Crippen LogP contribution in [0.1, 0.15) is 8.42 Å². The number of benzene rings is 1. The SMILES string of the molecule is Cc1ccc(B(O)O)cc1Cl.[HH].[HH]. The Morgan fingerprint density at radius 3 is 2.55 bits per heavy atom. The molecule has 0 aliphatic heterocycles. The van der Waals surface area contributed by atoms with Gasteiger partial charge in [-0.1, -0.05) is 23.7 Å². The van der Waals surface area contributed by atoms with Crippen molar-refractivity contribution in [2.24, 2.45) is 0 Å². The second-order valence-electron chi connectivity index (χ2n) is 2.38. The van der Waals surface area contributed by atoms with Crippen molar-refractivity contribution in [3.05, 3.63) is 28.8 Å². The predicted octanol–water partition coefficient (Wildman–Crippen LogP) is 0.820. The summed E-state index contributed by atoms with van der Waals surface area (Å²) in [5.41, 5.74) is 1.34. The summed E-state index contributed by atoms with van der Waals surface area (Å²) in [7, 11) is -1.44. The standard InChI is InChI=1S/C7H8BClO2.2H2/c1-5-2-3-6(8(10)11)4-7(5)9;;/h2-4,10-11H,1H3;2*1H. The number of hydrogen-bond acceptors (Lipinski definition) is 2. The molecule has 0 saturated carbocycles. The molecule has 0 fully saturated rings. The molecule has 0 heterocycles. The quantitative estimate of drug-likeness (QED) is 0.619.